The highest BCUT2D eigenvalue weighted by Gasteiger charge is 2.48. The van der Waals surface area contributed by atoms with Gasteiger partial charge in [0.15, 0.2) is 5.13 Å². The number of carbonyl (C=O) groups excluding carboxylic acids is 2. The number of Topliss-reactive ketones (excluding diaryl/α,β-unsaturated/α-hetero) is 1. The molecule has 1 aliphatic rings. The number of nitrogens with zero attached hydrogens (tertiary/aromatic N) is 2. The molecule has 0 spiro atoms. The highest BCUT2D eigenvalue weighted by atomic mass is 79.9. The van der Waals surface area contributed by atoms with Crippen molar-refractivity contribution in [2.45, 2.75) is 6.04 Å². The Hall–Kier alpha value is -3.49. The van der Waals surface area contributed by atoms with Crippen molar-refractivity contribution in [1.82, 2.24) is 4.98 Å². The van der Waals surface area contributed by atoms with Crippen LogP contribution < -0.4 is 9.64 Å². The number of aliphatic hydroxyl groups excluding tert-OH is 1. The SMILES string of the molecule is COc1ccc([C@@H]2/C(=C(\O)c3ccccc3)C(=O)C(=O)N2c2nc3ccc(Br)cc3s2)cc1. The van der Waals surface area contributed by atoms with Gasteiger partial charge in [-0.05, 0) is 35.9 Å². The molecule has 1 fully saturated rings. The molecule has 1 aliphatic heterocycles. The Morgan fingerprint density at radius 2 is 1.79 bits per heavy atom. The number of aliphatic hydroxyl groups is 1. The van der Waals surface area contributed by atoms with Crippen molar-refractivity contribution in [3.8, 4) is 5.75 Å². The first-order valence-corrected chi connectivity index (χ1v) is 11.7. The lowest BCUT2D eigenvalue weighted by Gasteiger charge is -2.23. The molecular formula is C25H17BrN2O4S. The van der Waals surface area contributed by atoms with Gasteiger partial charge in [-0.25, -0.2) is 4.98 Å². The number of aromatic nitrogens is 1. The normalized spacial score (nSPS) is 17.6. The van der Waals surface area contributed by atoms with Gasteiger partial charge in [-0.2, -0.15) is 0 Å². The minimum Gasteiger partial charge on any atom is -0.507 e. The van der Waals surface area contributed by atoms with E-state index in [1.54, 1.807) is 55.6 Å². The molecule has 8 heteroatoms. The molecule has 5 rings (SSSR count). The summed E-state index contributed by atoms with van der Waals surface area (Å²) in [5.74, 6) is -1.06. The number of amides is 1. The summed E-state index contributed by atoms with van der Waals surface area (Å²) in [6, 6.07) is 20.6. The van der Waals surface area contributed by atoms with Gasteiger partial charge >= 0.3 is 5.91 Å². The number of anilines is 1. The number of hydrogen-bond acceptors (Lipinski definition) is 6. The van der Waals surface area contributed by atoms with Gasteiger partial charge in [0.25, 0.3) is 5.78 Å². The van der Waals surface area contributed by atoms with Crippen molar-refractivity contribution in [1.29, 1.82) is 0 Å². The van der Waals surface area contributed by atoms with Crippen molar-refractivity contribution < 1.29 is 19.4 Å². The Morgan fingerprint density at radius 3 is 2.48 bits per heavy atom. The first-order chi connectivity index (χ1) is 16.0. The summed E-state index contributed by atoms with van der Waals surface area (Å²) in [6.45, 7) is 0. The molecule has 164 valence electrons. The fraction of sp³-hybridized carbons (Fsp3) is 0.0800. The minimum atomic E-state index is -0.833. The molecule has 2 heterocycles. The first-order valence-electron chi connectivity index (χ1n) is 10.0. The molecule has 0 aliphatic carbocycles. The standard InChI is InChI=1S/C25H17BrN2O4S/c1-32-17-10-7-14(8-11-17)21-20(22(29)15-5-3-2-4-6-15)23(30)24(31)28(21)25-27-18-12-9-16(26)13-19(18)33-25/h2-13,21,29H,1H3/b22-20+/t21-/m1/s1. The van der Waals surface area contributed by atoms with Crippen LogP contribution in [-0.4, -0.2) is 28.9 Å². The number of halogens is 1. The molecule has 0 radical (unpaired) electrons. The number of hydrogen-bond donors (Lipinski definition) is 1. The molecule has 0 saturated carbocycles. The third kappa shape index (κ3) is 3.71. The summed E-state index contributed by atoms with van der Waals surface area (Å²) in [7, 11) is 1.57. The number of benzene rings is 3. The maximum Gasteiger partial charge on any atom is 0.301 e. The molecule has 1 amide bonds. The Labute approximate surface area is 201 Å². The number of ketones is 1. The average Bonchev–Trinajstić information content (AvgIpc) is 3.37. The number of carbonyl (C=O) groups is 2. The maximum absolute atomic E-state index is 13.3. The maximum atomic E-state index is 13.3. The predicted molar refractivity (Wildman–Crippen MR) is 132 cm³/mol. The van der Waals surface area contributed by atoms with Crippen LogP contribution in [0.3, 0.4) is 0 Å². The number of thiazole rings is 1. The number of methoxy groups -OCH3 is 1. The lowest BCUT2D eigenvalue weighted by atomic mass is 9.95. The van der Waals surface area contributed by atoms with Crippen LogP contribution >= 0.6 is 27.3 Å². The second kappa shape index (κ2) is 8.46. The fourth-order valence-electron chi connectivity index (χ4n) is 3.87. The van der Waals surface area contributed by atoms with Crippen molar-refractivity contribution in [3.63, 3.8) is 0 Å². The Kier molecular flexibility index (Phi) is 5.47. The molecule has 0 bridgehead atoms. The van der Waals surface area contributed by atoms with Crippen LogP contribution in [0.25, 0.3) is 16.0 Å². The van der Waals surface area contributed by atoms with Crippen LogP contribution in [0.2, 0.25) is 0 Å². The number of fused-ring (bicyclic) bond motifs is 1. The van der Waals surface area contributed by atoms with E-state index in [1.807, 2.05) is 24.3 Å². The van der Waals surface area contributed by atoms with E-state index >= 15 is 0 Å². The van der Waals surface area contributed by atoms with E-state index in [4.69, 9.17) is 4.74 Å². The van der Waals surface area contributed by atoms with E-state index < -0.39 is 17.7 Å². The van der Waals surface area contributed by atoms with Crippen LogP contribution in [0, 0.1) is 0 Å². The van der Waals surface area contributed by atoms with Crippen LogP contribution in [0.5, 0.6) is 5.75 Å². The van der Waals surface area contributed by atoms with Crippen molar-refractivity contribution in [2.24, 2.45) is 0 Å². The van der Waals surface area contributed by atoms with Gasteiger partial charge in [-0.1, -0.05) is 69.7 Å². The summed E-state index contributed by atoms with van der Waals surface area (Å²) < 4.78 is 7.02. The zero-order valence-corrected chi connectivity index (χ0v) is 19.8. The molecule has 1 saturated heterocycles. The lowest BCUT2D eigenvalue weighted by Crippen LogP contribution is -2.29. The van der Waals surface area contributed by atoms with Crippen LogP contribution in [0.1, 0.15) is 17.2 Å². The number of rotatable bonds is 4. The van der Waals surface area contributed by atoms with Gasteiger partial charge < -0.3 is 9.84 Å². The lowest BCUT2D eigenvalue weighted by molar-refractivity contribution is -0.132. The van der Waals surface area contributed by atoms with Crippen molar-refractivity contribution in [2.75, 3.05) is 12.0 Å². The predicted octanol–water partition coefficient (Wildman–Crippen LogP) is 5.69. The quantitative estimate of drug-likeness (QED) is 0.212. The smallest absolute Gasteiger partial charge is 0.301 e. The Balaban J connectivity index is 1.72. The van der Waals surface area contributed by atoms with Gasteiger partial charge in [0.2, 0.25) is 0 Å². The van der Waals surface area contributed by atoms with Gasteiger partial charge in [-0.15, -0.1) is 0 Å². The molecule has 4 aromatic rings. The van der Waals surface area contributed by atoms with E-state index in [2.05, 4.69) is 20.9 Å². The molecule has 1 aromatic heterocycles. The van der Waals surface area contributed by atoms with E-state index in [0.717, 1.165) is 14.7 Å². The Morgan fingerprint density at radius 1 is 1.06 bits per heavy atom. The minimum absolute atomic E-state index is 0.0248. The van der Waals surface area contributed by atoms with Gasteiger partial charge in [0, 0.05) is 10.0 Å². The van der Waals surface area contributed by atoms with E-state index in [-0.39, 0.29) is 11.3 Å². The highest BCUT2D eigenvalue weighted by Crippen LogP contribution is 2.44. The van der Waals surface area contributed by atoms with Crippen LogP contribution in [-0.2, 0) is 9.59 Å². The van der Waals surface area contributed by atoms with Gasteiger partial charge in [0.1, 0.15) is 11.5 Å². The summed E-state index contributed by atoms with van der Waals surface area (Å²) >= 11 is 4.77. The zero-order chi connectivity index (χ0) is 23.1. The van der Waals surface area contributed by atoms with E-state index in [1.165, 1.54) is 16.2 Å². The molecule has 0 unspecified atom stereocenters. The molecule has 3 aromatic carbocycles. The monoisotopic (exact) mass is 520 g/mol. The summed E-state index contributed by atoms with van der Waals surface area (Å²) in [5, 5.41) is 11.5. The summed E-state index contributed by atoms with van der Waals surface area (Å²) in [6.07, 6.45) is 0. The van der Waals surface area contributed by atoms with Crippen LogP contribution in [0.4, 0.5) is 5.13 Å². The van der Waals surface area contributed by atoms with Crippen molar-refractivity contribution in [3.05, 3.63) is 94.0 Å². The van der Waals surface area contributed by atoms with Crippen LogP contribution in [0.15, 0.2) is 82.8 Å². The van der Waals surface area contributed by atoms with Gasteiger partial charge in [0.05, 0.1) is 28.9 Å². The highest BCUT2D eigenvalue weighted by molar-refractivity contribution is 9.10. The fourth-order valence-corrected chi connectivity index (χ4v) is 5.42. The first kappa shape index (κ1) is 21.4. The largest absolute Gasteiger partial charge is 0.507 e. The summed E-state index contributed by atoms with van der Waals surface area (Å²) in [5.41, 5.74) is 1.86. The average molecular weight is 521 g/mol. The summed E-state index contributed by atoms with van der Waals surface area (Å²) in [4.78, 5) is 32.5. The second-order valence-corrected chi connectivity index (χ2v) is 9.34. The number of ether oxygens (including phenoxy) is 1. The second-order valence-electron chi connectivity index (χ2n) is 7.42. The third-order valence-electron chi connectivity index (χ3n) is 5.47. The molecular weight excluding hydrogens is 504 g/mol. The molecule has 33 heavy (non-hydrogen) atoms. The molecule has 1 atom stereocenters. The zero-order valence-electron chi connectivity index (χ0n) is 17.4. The molecule has 1 N–H and O–H groups in total. The van der Waals surface area contributed by atoms with Crippen molar-refractivity contribution >= 4 is 60.1 Å². The third-order valence-corrected chi connectivity index (χ3v) is 6.98. The Bertz CT molecular complexity index is 1410. The topological polar surface area (TPSA) is 79.7 Å². The van der Waals surface area contributed by atoms with E-state index in [0.29, 0.717) is 22.0 Å². The van der Waals surface area contributed by atoms with Gasteiger partial charge in [-0.3, -0.25) is 14.5 Å². The molecule has 6 nitrogen and oxygen atoms in total. The van der Waals surface area contributed by atoms with E-state index in [9.17, 15) is 14.7 Å².